The average Bonchev–Trinajstić information content (AvgIpc) is 2.69. The van der Waals surface area contributed by atoms with Gasteiger partial charge in [0, 0.05) is 19.6 Å². The van der Waals surface area contributed by atoms with E-state index >= 15 is 0 Å². The van der Waals surface area contributed by atoms with E-state index in [0.29, 0.717) is 6.61 Å². The van der Waals surface area contributed by atoms with Crippen molar-refractivity contribution in [3.63, 3.8) is 0 Å². The van der Waals surface area contributed by atoms with Gasteiger partial charge in [-0.25, -0.2) is 0 Å². The molecular formula is C22H26N2O2. The van der Waals surface area contributed by atoms with Crippen molar-refractivity contribution >= 4 is 6.08 Å². The van der Waals surface area contributed by atoms with Crippen LogP contribution < -0.4 is 14.8 Å². The normalized spacial score (nSPS) is 19.5. The number of para-hydroxylation sites is 1. The predicted octanol–water partition coefficient (Wildman–Crippen LogP) is 3.68. The Labute approximate surface area is 155 Å². The first-order valence-corrected chi connectivity index (χ1v) is 9.46. The first kappa shape index (κ1) is 17.0. The summed E-state index contributed by atoms with van der Waals surface area (Å²) in [6.45, 7) is 4.63. The maximum Gasteiger partial charge on any atom is 0.120 e. The van der Waals surface area contributed by atoms with Gasteiger partial charge in [-0.05, 0) is 67.1 Å². The van der Waals surface area contributed by atoms with Gasteiger partial charge in [-0.15, -0.1) is 0 Å². The first-order chi connectivity index (χ1) is 12.9. The number of piperidine rings is 1. The van der Waals surface area contributed by atoms with Crippen LogP contribution in [-0.2, 0) is 6.54 Å². The van der Waals surface area contributed by atoms with E-state index in [1.165, 1.54) is 17.5 Å². The highest BCUT2D eigenvalue weighted by molar-refractivity contribution is 5.57. The fraction of sp³-hybridized carbons (Fsp3) is 0.364. The molecule has 2 aromatic rings. The molecule has 0 spiro atoms. The number of likely N-dealkylation sites (tertiary alicyclic amines) is 1. The van der Waals surface area contributed by atoms with E-state index in [1.54, 1.807) is 0 Å². The van der Waals surface area contributed by atoms with Crippen LogP contribution in [0.15, 0.2) is 54.7 Å². The summed E-state index contributed by atoms with van der Waals surface area (Å²) in [5.74, 6) is 1.91. The van der Waals surface area contributed by atoms with Crippen molar-refractivity contribution in [2.24, 2.45) is 0 Å². The third-order valence-electron chi connectivity index (χ3n) is 4.98. The second-order valence-electron chi connectivity index (χ2n) is 6.92. The standard InChI is InChI=1S/C22H26N2O2/c1-2-5-20(6-3-1)25-14-13-24-12-4-7-22(17-24)26-21-9-8-19-16-23-11-10-18(19)15-21/h1-3,5-6,8-11,15,22-23H,4,7,12-14,16-17H2/t22-/m1/s1. The average molecular weight is 350 g/mol. The highest BCUT2D eigenvalue weighted by Crippen LogP contribution is 2.24. The summed E-state index contributed by atoms with van der Waals surface area (Å²) in [4.78, 5) is 2.44. The lowest BCUT2D eigenvalue weighted by Crippen LogP contribution is -2.42. The Hall–Kier alpha value is -2.46. The van der Waals surface area contributed by atoms with Gasteiger partial charge in [0.2, 0.25) is 0 Å². The number of hydrogen-bond acceptors (Lipinski definition) is 4. The molecule has 0 saturated carbocycles. The Balaban J connectivity index is 1.28. The van der Waals surface area contributed by atoms with Crippen LogP contribution in [0, 0.1) is 0 Å². The van der Waals surface area contributed by atoms with Crippen LogP contribution in [0.2, 0.25) is 0 Å². The topological polar surface area (TPSA) is 33.7 Å². The van der Waals surface area contributed by atoms with Gasteiger partial charge in [-0.2, -0.15) is 0 Å². The molecule has 0 aromatic heterocycles. The number of rotatable bonds is 6. The van der Waals surface area contributed by atoms with Crippen LogP contribution in [0.25, 0.3) is 6.08 Å². The van der Waals surface area contributed by atoms with Crippen molar-refractivity contribution in [3.05, 3.63) is 65.9 Å². The SMILES string of the molecule is C1=Cc2cc(O[C@@H]3CCCN(CCOc4ccccc4)C3)ccc2CN1. The van der Waals surface area contributed by atoms with Gasteiger partial charge >= 0.3 is 0 Å². The lowest BCUT2D eigenvalue weighted by atomic mass is 10.0. The Bertz CT molecular complexity index is 745. The molecule has 4 rings (SSSR count). The summed E-state index contributed by atoms with van der Waals surface area (Å²) < 4.78 is 12.1. The van der Waals surface area contributed by atoms with E-state index < -0.39 is 0 Å². The monoisotopic (exact) mass is 350 g/mol. The van der Waals surface area contributed by atoms with E-state index in [0.717, 1.165) is 44.1 Å². The molecule has 4 heteroatoms. The highest BCUT2D eigenvalue weighted by Gasteiger charge is 2.21. The number of nitrogens with zero attached hydrogens (tertiary/aromatic N) is 1. The zero-order chi connectivity index (χ0) is 17.6. The Morgan fingerprint density at radius 2 is 2.00 bits per heavy atom. The fourth-order valence-corrected chi connectivity index (χ4v) is 3.59. The van der Waals surface area contributed by atoms with Crippen LogP contribution in [0.5, 0.6) is 11.5 Å². The van der Waals surface area contributed by atoms with Crippen molar-refractivity contribution in [2.45, 2.75) is 25.5 Å². The maximum atomic E-state index is 6.28. The molecule has 136 valence electrons. The minimum atomic E-state index is 0.254. The van der Waals surface area contributed by atoms with Crippen LogP contribution in [0.4, 0.5) is 0 Å². The molecule has 1 N–H and O–H groups in total. The van der Waals surface area contributed by atoms with Gasteiger partial charge in [0.25, 0.3) is 0 Å². The van der Waals surface area contributed by atoms with Gasteiger partial charge in [-0.1, -0.05) is 24.3 Å². The first-order valence-electron chi connectivity index (χ1n) is 9.46. The molecule has 0 amide bonds. The molecule has 26 heavy (non-hydrogen) atoms. The van der Waals surface area contributed by atoms with E-state index in [-0.39, 0.29) is 6.10 Å². The predicted molar refractivity (Wildman–Crippen MR) is 104 cm³/mol. The number of hydrogen-bond donors (Lipinski definition) is 1. The van der Waals surface area contributed by atoms with E-state index in [1.807, 2.05) is 36.5 Å². The molecule has 4 nitrogen and oxygen atoms in total. The molecule has 1 saturated heterocycles. The quantitative estimate of drug-likeness (QED) is 0.862. The van der Waals surface area contributed by atoms with E-state index in [2.05, 4.69) is 34.5 Å². The molecule has 2 aromatic carbocycles. The summed E-state index contributed by atoms with van der Waals surface area (Å²) in [5.41, 5.74) is 2.58. The van der Waals surface area contributed by atoms with Crippen LogP contribution in [0.1, 0.15) is 24.0 Å². The smallest absolute Gasteiger partial charge is 0.120 e. The zero-order valence-corrected chi connectivity index (χ0v) is 15.1. The Morgan fingerprint density at radius 3 is 2.92 bits per heavy atom. The van der Waals surface area contributed by atoms with Gasteiger partial charge in [0.05, 0.1) is 0 Å². The molecule has 1 atom stereocenters. The number of fused-ring (bicyclic) bond motifs is 1. The van der Waals surface area contributed by atoms with E-state index in [4.69, 9.17) is 9.47 Å². The molecule has 2 aliphatic heterocycles. The lowest BCUT2D eigenvalue weighted by molar-refractivity contribution is 0.0793. The molecule has 0 aliphatic carbocycles. The zero-order valence-electron chi connectivity index (χ0n) is 15.1. The molecule has 2 aliphatic rings. The summed E-state index contributed by atoms with van der Waals surface area (Å²) in [6.07, 6.45) is 6.65. The minimum absolute atomic E-state index is 0.254. The van der Waals surface area contributed by atoms with Crippen molar-refractivity contribution in [3.8, 4) is 11.5 Å². The Kier molecular flexibility index (Phi) is 5.41. The third kappa shape index (κ3) is 4.38. The van der Waals surface area contributed by atoms with Crippen molar-refractivity contribution in [1.82, 2.24) is 10.2 Å². The largest absolute Gasteiger partial charge is 0.492 e. The molecular weight excluding hydrogens is 324 g/mol. The van der Waals surface area contributed by atoms with E-state index in [9.17, 15) is 0 Å². The van der Waals surface area contributed by atoms with Gasteiger partial charge in [-0.3, -0.25) is 4.90 Å². The minimum Gasteiger partial charge on any atom is -0.492 e. The number of ether oxygens (including phenoxy) is 2. The molecule has 0 unspecified atom stereocenters. The van der Waals surface area contributed by atoms with Gasteiger partial charge in [0.15, 0.2) is 0 Å². The third-order valence-corrected chi connectivity index (χ3v) is 4.98. The summed E-state index contributed by atoms with van der Waals surface area (Å²) in [6, 6.07) is 16.4. The van der Waals surface area contributed by atoms with Crippen LogP contribution in [-0.4, -0.2) is 37.2 Å². The molecule has 1 fully saturated rings. The second-order valence-corrected chi connectivity index (χ2v) is 6.92. The summed E-state index contributed by atoms with van der Waals surface area (Å²) in [5, 5.41) is 3.24. The van der Waals surface area contributed by atoms with Gasteiger partial charge in [0.1, 0.15) is 24.2 Å². The maximum absolute atomic E-state index is 6.28. The fourth-order valence-electron chi connectivity index (χ4n) is 3.59. The molecule has 0 bridgehead atoms. The number of nitrogens with one attached hydrogen (secondary N) is 1. The van der Waals surface area contributed by atoms with Gasteiger partial charge < -0.3 is 14.8 Å². The highest BCUT2D eigenvalue weighted by atomic mass is 16.5. The van der Waals surface area contributed by atoms with Crippen molar-refractivity contribution < 1.29 is 9.47 Å². The molecule has 0 radical (unpaired) electrons. The lowest BCUT2D eigenvalue weighted by Gasteiger charge is -2.33. The van der Waals surface area contributed by atoms with Crippen molar-refractivity contribution in [1.29, 1.82) is 0 Å². The number of benzene rings is 2. The second kappa shape index (κ2) is 8.28. The van der Waals surface area contributed by atoms with Crippen LogP contribution in [0.3, 0.4) is 0 Å². The van der Waals surface area contributed by atoms with Crippen LogP contribution >= 0.6 is 0 Å². The molecule has 2 heterocycles. The Morgan fingerprint density at radius 1 is 1.08 bits per heavy atom. The van der Waals surface area contributed by atoms with Crippen molar-refractivity contribution in [2.75, 3.05) is 26.2 Å². The summed E-state index contributed by atoms with van der Waals surface area (Å²) >= 11 is 0. The summed E-state index contributed by atoms with van der Waals surface area (Å²) in [7, 11) is 0.